The topological polar surface area (TPSA) is 122 Å². The number of anilines is 1. The Morgan fingerprint density at radius 2 is 2.22 bits per heavy atom. The molecule has 0 aliphatic carbocycles. The second-order valence-corrected chi connectivity index (χ2v) is 7.58. The van der Waals surface area contributed by atoms with Crippen molar-refractivity contribution in [3.05, 3.63) is 14.7 Å². The van der Waals surface area contributed by atoms with Crippen molar-refractivity contribution in [2.45, 2.75) is 4.90 Å². The van der Waals surface area contributed by atoms with Gasteiger partial charge in [-0.25, -0.2) is 13.2 Å². The first-order valence-corrected chi connectivity index (χ1v) is 7.97. The Bertz CT molecular complexity index is 680. The van der Waals surface area contributed by atoms with E-state index in [4.69, 9.17) is 5.11 Å². The summed E-state index contributed by atoms with van der Waals surface area (Å²) in [5.41, 5.74) is 0. The fourth-order valence-electron chi connectivity index (χ4n) is 0.984. The number of nitrogens with one attached hydrogen (secondary N) is 1. The molecular formula is C6H3BrN4O4S3. The summed E-state index contributed by atoms with van der Waals surface area (Å²) in [4.78, 5) is 10.5. The molecule has 0 atom stereocenters. The minimum atomic E-state index is -3.91. The molecule has 0 unspecified atom stereocenters. The predicted octanol–water partition coefficient (Wildman–Crippen LogP) is 1.26. The SMILES string of the molecule is O=C(O)c1cc(S(=O)(=O)Nc2nnns2)c(Br)s1. The number of sulfonamides is 1. The molecule has 0 fully saturated rings. The highest BCUT2D eigenvalue weighted by molar-refractivity contribution is 9.11. The van der Waals surface area contributed by atoms with Crippen LogP contribution in [-0.4, -0.2) is 34.3 Å². The first kappa shape index (κ1) is 13.3. The molecule has 2 heterocycles. The Kier molecular flexibility index (Phi) is 3.61. The van der Waals surface area contributed by atoms with E-state index in [-0.39, 0.29) is 18.7 Å². The van der Waals surface area contributed by atoms with Crippen molar-refractivity contribution in [2.75, 3.05) is 4.72 Å². The summed E-state index contributed by atoms with van der Waals surface area (Å²) in [5, 5.41) is 15.5. The van der Waals surface area contributed by atoms with Crippen LogP contribution in [0.25, 0.3) is 0 Å². The molecule has 2 aromatic heterocycles. The van der Waals surface area contributed by atoms with Crippen LogP contribution in [0.2, 0.25) is 0 Å². The number of aromatic carboxylic acids is 1. The minimum Gasteiger partial charge on any atom is -0.477 e. The van der Waals surface area contributed by atoms with Crippen LogP contribution in [0.4, 0.5) is 5.13 Å². The Hall–Kier alpha value is -1.11. The largest absolute Gasteiger partial charge is 0.477 e. The summed E-state index contributed by atoms with van der Waals surface area (Å²) in [7, 11) is -3.91. The van der Waals surface area contributed by atoms with Gasteiger partial charge in [0.25, 0.3) is 10.0 Å². The van der Waals surface area contributed by atoms with Crippen LogP contribution in [0.15, 0.2) is 14.7 Å². The van der Waals surface area contributed by atoms with Crippen molar-refractivity contribution in [1.29, 1.82) is 0 Å². The molecule has 12 heteroatoms. The predicted molar refractivity (Wildman–Crippen MR) is 67.5 cm³/mol. The summed E-state index contributed by atoms with van der Waals surface area (Å²) >= 11 is 4.60. The summed E-state index contributed by atoms with van der Waals surface area (Å²) < 4.78 is 29.6. The summed E-state index contributed by atoms with van der Waals surface area (Å²) in [5.74, 6) is -1.19. The lowest BCUT2D eigenvalue weighted by atomic mass is 10.5. The van der Waals surface area contributed by atoms with Crippen molar-refractivity contribution < 1.29 is 18.3 Å². The number of nitrogens with zero attached hydrogens (tertiary/aromatic N) is 3. The Morgan fingerprint density at radius 3 is 2.72 bits per heavy atom. The Balaban J connectivity index is 2.38. The molecule has 0 aliphatic rings. The van der Waals surface area contributed by atoms with Crippen LogP contribution in [0.1, 0.15) is 9.67 Å². The zero-order chi connectivity index (χ0) is 13.3. The molecule has 2 rings (SSSR count). The second kappa shape index (κ2) is 4.87. The maximum Gasteiger partial charge on any atom is 0.345 e. The van der Waals surface area contributed by atoms with Crippen LogP contribution >= 0.6 is 38.8 Å². The van der Waals surface area contributed by atoms with Crippen LogP contribution in [-0.2, 0) is 10.0 Å². The van der Waals surface area contributed by atoms with Gasteiger partial charge in [-0.2, -0.15) is 0 Å². The molecule has 96 valence electrons. The summed E-state index contributed by atoms with van der Waals surface area (Å²) in [6.45, 7) is 0. The number of carbonyl (C=O) groups is 1. The molecule has 0 amide bonds. The first-order chi connectivity index (χ1) is 8.40. The standard InChI is InChI=1S/C6H3BrN4O4S3/c7-4-3(1-2(16-4)5(12)13)18(14,15)9-6-8-10-11-17-6/h1H,(H,12,13)(H,8,9,11). The maximum atomic E-state index is 11.9. The molecule has 8 nitrogen and oxygen atoms in total. The highest BCUT2D eigenvalue weighted by Crippen LogP contribution is 2.32. The number of halogens is 1. The molecule has 0 aromatic carbocycles. The molecule has 0 radical (unpaired) electrons. The van der Waals surface area contributed by atoms with E-state index in [1.54, 1.807) is 0 Å². The van der Waals surface area contributed by atoms with Crippen LogP contribution in [0, 0.1) is 0 Å². The second-order valence-electron chi connectivity index (χ2n) is 2.83. The fourth-order valence-corrected chi connectivity index (χ4v) is 4.97. The normalized spacial score (nSPS) is 11.4. The molecule has 0 aliphatic heterocycles. The fraction of sp³-hybridized carbons (Fsp3) is 0. The lowest BCUT2D eigenvalue weighted by Gasteiger charge is -2.01. The monoisotopic (exact) mass is 370 g/mol. The third-order valence-electron chi connectivity index (χ3n) is 1.68. The third-order valence-corrected chi connectivity index (χ3v) is 5.90. The van der Waals surface area contributed by atoms with E-state index in [9.17, 15) is 13.2 Å². The van der Waals surface area contributed by atoms with E-state index >= 15 is 0 Å². The zero-order valence-corrected chi connectivity index (χ0v) is 12.2. The molecular weight excluding hydrogens is 368 g/mol. The average Bonchev–Trinajstić information content (AvgIpc) is 2.86. The van der Waals surface area contributed by atoms with Crippen molar-refractivity contribution in [3.8, 4) is 0 Å². The summed E-state index contributed by atoms with van der Waals surface area (Å²) in [6, 6.07) is 1.06. The van der Waals surface area contributed by atoms with Gasteiger partial charge in [0.1, 0.15) is 9.77 Å². The molecule has 0 saturated heterocycles. The van der Waals surface area contributed by atoms with Gasteiger partial charge in [0, 0.05) is 11.5 Å². The number of hydrogen-bond donors (Lipinski definition) is 2. The van der Waals surface area contributed by atoms with E-state index in [0.29, 0.717) is 0 Å². The molecule has 0 spiro atoms. The van der Waals surface area contributed by atoms with E-state index in [2.05, 4.69) is 35.5 Å². The highest BCUT2D eigenvalue weighted by Gasteiger charge is 2.24. The average molecular weight is 371 g/mol. The smallest absolute Gasteiger partial charge is 0.345 e. The van der Waals surface area contributed by atoms with Gasteiger partial charge in [-0.3, -0.25) is 4.72 Å². The number of carboxylic acids is 1. The molecule has 0 bridgehead atoms. The minimum absolute atomic E-state index is 0.00461. The highest BCUT2D eigenvalue weighted by atomic mass is 79.9. The number of aromatic nitrogens is 3. The first-order valence-electron chi connectivity index (χ1n) is 4.10. The van der Waals surface area contributed by atoms with Gasteiger partial charge < -0.3 is 5.11 Å². The zero-order valence-electron chi connectivity index (χ0n) is 8.19. The van der Waals surface area contributed by atoms with E-state index in [0.717, 1.165) is 28.9 Å². The lowest BCUT2D eigenvalue weighted by Crippen LogP contribution is -2.12. The Labute approximate surface area is 117 Å². The number of carboxylic acid groups (broad SMARTS) is 1. The van der Waals surface area contributed by atoms with E-state index in [1.165, 1.54) is 0 Å². The van der Waals surface area contributed by atoms with Crippen molar-refractivity contribution in [1.82, 2.24) is 14.8 Å². The van der Waals surface area contributed by atoms with Gasteiger partial charge >= 0.3 is 5.97 Å². The molecule has 0 saturated carbocycles. The molecule has 2 aromatic rings. The van der Waals surface area contributed by atoms with Gasteiger partial charge in [0.15, 0.2) is 0 Å². The van der Waals surface area contributed by atoms with Gasteiger partial charge in [-0.05, 0) is 27.2 Å². The van der Waals surface area contributed by atoms with Crippen LogP contribution in [0.5, 0.6) is 0 Å². The number of thiophene rings is 1. The lowest BCUT2D eigenvalue weighted by molar-refractivity contribution is 0.0702. The molecule has 2 N–H and O–H groups in total. The van der Waals surface area contributed by atoms with Gasteiger partial charge in [-0.1, -0.05) is 9.59 Å². The van der Waals surface area contributed by atoms with Crippen LogP contribution in [0.3, 0.4) is 0 Å². The quantitative estimate of drug-likeness (QED) is 0.829. The maximum absolute atomic E-state index is 11.9. The van der Waals surface area contributed by atoms with E-state index in [1.807, 2.05) is 0 Å². The number of hydrogen-bond acceptors (Lipinski definition) is 8. The van der Waals surface area contributed by atoms with E-state index < -0.39 is 16.0 Å². The van der Waals surface area contributed by atoms with Gasteiger partial charge in [-0.15, -0.1) is 11.3 Å². The Morgan fingerprint density at radius 1 is 1.50 bits per heavy atom. The van der Waals surface area contributed by atoms with Crippen LogP contribution < -0.4 is 4.72 Å². The van der Waals surface area contributed by atoms with Crippen molar-refractivity contribution >= 4 is 59.9 Å². The van der Waals surface area contributed by atoms with Crippen molar-refractivity contribution in [2.24, 2.45) is 0 Å². The van der Waals surface area contributed by atoms with Gasteiger partial charge in [0.05, 0.1) is 3.79 Å². The van der Waals surface area contributed by atoms with Crippen molar-refractivity contribution in [3.63, 3.8) is 0 Å². The van der Waals surface area contributed by atoms with Gasteiger partial charge in [0.2, 0.25) is 5.13 Å². The number of rotatable bonds is 4. The summed E-state index contributed by atoms with van der Waals surface area (Å²) in [6.07, 6.45) is 0. The molecule has 18 heavy (non-hydrogen) atoms. The third kappa shape index (κ3) is 2.66.